The molecule has 1 aliphatic heterocycles. The number of carbonyl (C=O) groups is 1. The molecule has 1 aliphatic rings. The molecule has 0 radical (unpaired) electrons. The average Bonchev–Trinajstić information content (AvgIpc) is 2.52. The van der Waals surface area contributed by atoms with Gasteiger partial charge in [0.15, 0.2) is 0 Å². The van der Waals surface area contributed by atoms with Crippen LogP contribution in [0.2, 0.25) is 0 Å². The van der Waals surface area contributed by atoms with Crippen LogP contribution < -0.4 is 5.32 Å². The summed E-state index contributed by atoms with van der Waals surface area (Å²) in [6, 6.07) is 15.6. The van der Waals surface area contributed by atoms with Crippen molar-refractivity contribution in [2.24, 2.45) is 0 Å². The zero-order valence-electron chi connectivity index (χ0n) is 11.5. The fraction of sp³-hybridized carbons (Fsp3) is 0.235. The number of benzene rings is 2. The quantitative estimate of drug-likeness (QED) is 0.924. The Morgan fingerprint density at radius 2 is 2.10 bits per heavy atom. The van der Waals surface area contributed by atoms with Gasteiger partial charge in [-0.25, -0.2) is 0 Å². The molecule has 2 aromatic rings. The summed E-state index contributed by atoms with van der Waals surface area (Å²) >= 11 is 3.37. The first-order valence-electron chi connectivity index (χ1n) is 6.97. The molecule has 0 saturated carbocycles. The first-order chi connectivity index (χ1) is 10.2. The van der Waals surface area contributed by atoms with Crippen LogP contribution in [0.3, 0.4) is 0 Å². The minimum absolute atomic E-state index is 0.0638. The molecule has 108 valence electrons. The lowest BCUT2D eigenvalue weighted by atomic mass is 9.97. The molecule has 0 aliphatic carbocycles. The van der Waals surface area contributed by atoms with E-state index in [4.69, 9.17) is 4.74 Å². The van der Waals surface area contributed by atoms with Gasteiger partial charge in [0.1, 0.15) is 6.10 Å². The Balaban J connectivity index is 1.67. The van der Waals surface area contributed by atoms with Crippen LogP contribution in [0.25, 0.3) is 0 Å². The Bertz CT molecular complexity index is 657. The molecule has 2 aromatic carbocycles. The largest absolute Gasteiger partial charge is 0.371 e. The minimum Gasteiger partial charge on any atom is -0.371 e. The van der Waals surface area contributed by atoms with Crippen molar-refractivity contribution >= 4 is 21.8 Å². The highest BCUT2D eigenvalue weighted by molar-refractivity contribution is 9.10. The summed E-state index contributed by atoms with van der Waals surface area (Å²) in [7, 11) is 0. The monoisotopic (exact) mass is 345 g/mol. The van der Waals surface area contributed by atoms with Crippen molar-refractivity contribution in [2.45, 2.75) is 12.5 Å². The van der Waals surface area contributed by atoms with Gasteiger partial charge >= 0.3 is 0 Å². The van der Waals surface area contributed by atoms with Crippen LogP contribution in [0.1, 0.15) is 27.6 Å². The lowest BCUT2D eigenvalue weighted by Gasteiger charge is -2.26. The fourth-order valence-corrected chi connectivity index (χ4v) is 2.96. The molecule has 0 bridgehead atoms. The van der Waals surface area contributed by atoms with Crippen molar-refractivity contribution in [3.05, 3.63) is 69.7 Å². The van der Waals surface area contributed by atoms with E-state index in [9.17, 15) is 4.79 Å². The highest BCUT2D eigenvalue weighted by Crippen LogP contribution is 2.26. The maximum atomic E-state index is 12.2. The van der Waals surface area contributed by atoms with E-state index >= 15 is 0 Å². The minimum atomic E-state index is -0.0806. The van der Waals surface area contributed by atoms with Gasteiger partial charge in [0.05, 0.1) is 6.61 Å². The molecule has 3 rings (SSSR count). The summed E-state index contributed by atoms with van der Waals surface area (Å²) in [4.78, 5) is 12.2. The molecule has 0 fully saturated rings. The number of nitrogens with one attached hydrogen (secondary N) is 1. The third-order valence-corrected chi connectivity index (χ3v) is 4.12. The van der Waals surface area contributed by atoms with Crippen LogP contribution in [0, 0.1) is 0 Å². The molecule has 1 N–H and O–H groups in total. The predicted molar refractivity (Wildman–Crippen MR) is 85.3 cm³/mol. The highest BCUT2D eigenvalue weighted by atomic mass is 79.9. The Morgan fingerprint density at radius 1 is 1.24 bits per heavy atom. The van der Waals surface area contributed by atoms with Gasteiger partial charge in [0.2, 0.25) is 0 Å². The van der Waals surface area contributed by atoms with Crippen LogP contribution >= 0.6 is 15.9 Å². The number of carbonyl (C=O) groups excluding carboxylic acids is 1. The zero-order chi connectivity index (χ0) is 14.7. The number of hydrogen-bond donors (Lipinski definition) is 1. The van der Waals surface area contributed by atoms with Crippen LogP contribution in [-0.4, -0.2) is 19.1 Å². The summed E-state index contributed by atoms with van der Waals surface area (Å²) in [5.74, 6) is -0.0806. The third kappa shape index (κ3) is 3.34. The molecule has 1 heterocycles. The molecular formula is C17H16BrNO2. The van der Waals surface area contributed by atoms with Crippen LogP contribution in [0.5, 0.6) is 0 Å². The Kier molecular flexibility index (Phi) is 4.36. The topological polar surface area (TPSA) is 38.3 Å². The molecule has 1 unspecified atom stereocenters. The van der Waals surface area contributed by atoms with Crippen molar-refractivity contribution in [1.29, 1.82) is 0 Å². The van der Waals surface area contributed by atoms with Gasteiger partial charge in [-0.15, -0.1) is 0 Å². The van der Waals surface area contributed by atoms with Crippen molar-refractivity contribution in [1.82, 2.24) is 5.32 Å². The number of ether oxygens (including phenoxy) is 1. The fourth-order valence-electron chi connectivity index (χ4n) is 2.56. The second-order valence-corrected chi connectivity index (χ2v) is 5.94. The standard InChI is InChI=1S/C17H16BrNO2/c18-14-6-3-5-13(10-14)17(20)19-11-16-15-7-2-1-4-12(15)8-9-21-16/h1-7,10,16H,8-9,11H2,(H,19,20). The first kappa shape index (κ1) is 14.3. The molecular weight excluding hydrogens is 330 g/mol. The summed E-state index contributed by atoms with van der Waals surface area (Å²) in [6.45, 7) is 1.19. The highest BCUT2D eigenvalue weighted by Gasteiger charge is 2.21. The summed E-state index contributed by atoms with van der Waals surface area (Å²) in [6.07, 6.45) is 0.873. The number of hydrogen-bond acceptors (Lipinski definition) is 2. The second-order valence-electron chi connectivity index (χ2n) is 5.03. The van der Waals surface area contributed by atoms with E-state index in [0.717, 1.165) is 10.9 Å². The smallest absolute Gasteiger partial charge is 0.251 e. The predicted octanol–water partition coefficient (Wildman–Crippen LogP) is 3.49. The lowest BCUT2D eigenvalue weighted by molar-refractivity contribution is 0.0411. The van der Waals surface area contributed by atoms with Crippen LogP contribution in [-0.2, 0) is 11.2 Å². The number of amides is 1. The van der Waals surface area contributed by atoms with E-state index in [-0.39, 0.29) is 12.0 Å². The molecule has 1 amide bonds. The van der Waals surface area contributed by atoms with Crippen LogP contribution in [0.4, 0.5) is 0 Å². The summed E-state index contributed by atoms with van der Waals surface area (Å²) in [5, 5.41) is 2.95. The molecule has 1 atom stereocenters. The van der Waals surface area contributed by atoms with Crippen LogP contribution in [0.15, 0.2) is 53.0 Å². The zero-order valence-corrected chi connectivity index (χ0v) is 13.1. The van der Waals surface area contributed by atoms with Gasteiger partial charge < -0.3 is 10.1 Å². The normalized spacial score (nSPS) is 17.1. The number of fused-ring (bicyclic) bond motifs is 1. The molecule has 4 heteroatoms. The van der Waals surface area contributed by atoms with E-state index in [0.29, 0.717) is 18.7 Å². The van der Waals surface area contributed by atoms with Gasteiger partial charge in [-0.3, -0.25) is 4.79 Å². The summed E-state index contributed by atoms with van der Waals surface area (Å²) < 4.78 is 6.69. The lowest BCUT2D eigenvalue weighted by Crippen LogP contribution is -2.31. The second kappa shape index (κ2) is 6.41. The number of rotatable bonds is 3. The van der Waals surface area contributed by atoms with Crippen molar-refractivity contribution in [2.75, 3.05) is 13.2 Å². The maximum Gasteiger partial charge on any atom is 0.251 e. The van der Waals surface area contributed by atoms with Crippen molar-refractivity contribution < 1.29 is 9.53 Å². The van der Waals surface area contributed by atoms with Gasteiger partial charge in [-0.2, -0.15) is 0 Å². The van der Waals surface area contributed by atoms with E-state index < -0.39 is 0 Å². The maximum absolute atomic E-state index is 12.2. The molecule has 0 saturated heterocycles. The Morgan fingerprint density at radius 3 is 2.95 bits per heavy atom. The SMILES string of the molecule is O=C(NCC1OCCc2ccccc21)c1cccc(Br)c1. The van der Waals surface area contributed by atoms with E-state index in [2.05, 4.69) is 33.4 Å². The Labute approximate surface area is 132 Å². The van der Waals surface area contributed by atoms with Crippen molar-refractivity contribution in [3.8, 4) is 0 Å². The van der Waals surface area contributed by atoms with Gasteiger partial charge in [-0.05, 0) is 35.7 Å². The van der Waals surface area contributed by atoms with Crippen molar-refractivity contribution in [3.63, 3.8) is 0 Å². The van der Waals surface area contributed by atoms with E-state index in [1.165, 1.54) is 11.1 Å². The van der Waals surface area contributed by atoms with E-state index in [1.807, 2.05) is 30.3 Å². The average molecular weight is 346 g/mol. The third-order valence-electron chi connectivity index (χ3n) is 3.63. The van der Waals surface area contributed by atoms with E-state index in [1.54, 1.807) is 6.07 Å². The molecule has 0 spiro atoms. The van der Waals surface area contributed by atoms with Gasteiger partial charge in [0.25, 0.3) is 5.91 Å². The molecule has 0 aromatic heterocycles. The summed E-state index contributed by atoms with van der Waals surface area (Å²) in [5.41, 5.74) is 3.14. The Hall–Kier alpha value is -1.65. The molecule has 21 heavy (non-hydrogen) atoms. The first-order valence-corrected chi connectivity index (χ1v) is 7.76. The molecule has 3 nitrogen and oxygen atoms in total. The number of halogens is 1. The van der Waals surface area contributed by atoms with Gasteiger partial charge in [0, 0.05) is 16.6 Å². The van der Waals surface area contributed by atoms with Gasteiger partial charge in [-0.1, -0.05) is 46.3 Å².